The fraction of sp³-hybridized carbons (Fsp3) is 0.0714. The van der Waals surface area contributed by atoms with E-state index in [2.05, 4.69) is 22.4 Å². The smallest absolute Gasteiger partial charge is 0.0730 e. The van der Waals surface area contributed by atoms with Gasteiger partial charge in [0.25, 0.3) is 0 Å². The van der Waals surface area contributed by atoms with Gasteiger partial charge >= 0.3 is 0 Å². The second-order valence-corrected chi connectivity index (χ2v) is 3.90. The van der Waals surface area contributed by atoms with Crippen LogP contribution in [0.5, 0.6) is 0 Å². The maximum atomic E-state index is 5.61. The van der Waals surface area contributed by atoms with Crippen LogP contribution in [-0.4, -0.2) is 11.7 Å². The zero-order chi connectivity index (χ0) is 11.7. The summed E-state index contributed by atoms with van der Waals surface area (Å²) in [6.45, 7) is 0.415. The maximum absolute atomic E-state index is 5.61. The highest BCUT2D eigenvalue weighted by molar-refractivity contribution is 6.07. The van der Waals surface area contributed by atoms with Gasteiger partial charge in [0.2, 0.25) is 0 Å². The molecule has 0 aliphatic rings. The number of benzene rings is 2. The Hall–Kier alpha value is -2.13. The summed E-state index contributed by atoms with van der Waals surface area (Å²) in [6, 6.07) is 16.2. The normalized spacial score (nSPS) is 10.9. The lowest BCUT2D eigenvalue weighted by Crippen LogP contribution is -2.11. The molecule has 3 nitrogen and oxygen atoms in total. The number of nitrogens with two attached hydrogens (primary N) is 1. The average Bonchev–Trinajstić information content (AvgIpc) is 2.39. The molecule has 84 valence electrons. The number of anilines is 1. The molecular weight excluding hydrogens is 210 g/mol. The van der Waals surface area contributed by atoms with Gasteiger partial charge in [-0.3, -0.25) is 0 Å². The highest BCUT2D eigenvalue weighted by atomic mass is 15.0. The number of nitrogens with one attached hydrogen (secondary N) is 1. The first-order valence-corrected chi connectivity index (χ1v) is 5.61. The molecule has 3 heteroatoms. The monoisotopic (exact) mass is 223 g/mol. The van der Waals surface area contributed by atoms with Gasteiger partial charge in [-0.15, -0.1) is 0 Å². The van der Waals surface area contributed by atoms with Gasteiger partial charge in [0.05, 0.1) is 23.4 Å². The number of aromatic nitrogens is 1. The zero-order valence-corrected chi connectivity index (χ0v) is 9.35. The van der Waals surface area contributed by atoms with E-state index in [1.54, 1.807) is 0 Å². The van der Waals surface area contributed by atoms with Crippen LogP contribution in [0.2, 0.25) is 0 Å². The Morgan fingerprint density at radius 3 is 1.94 bits per heavy atom. The minimum atomic E-state index is 0.415. The first kappa shape index (κ1) is 10.1. The fourth-order valence-corrected chi connectivity index (χ4v) is 2.13. The number of para-hydroxylation sites is 2. The summed E-state index contributed by atoms with van der Waals surface area (Å²) in [4.78, 5) is 4.64. The van der Waals surface area contributed by atoms with E-state index in [0.29, 0.717) is 6.67 Å². The molecule has 0 saturated heterocycles. The third-order valence-corrected chi connectivity index (χ3v) is 2.87. The van der Waals surface area contributed by atoms with E-state index in [-0.39, 0.29) is 0 Å². The van der Waals surface area contributed by atoms with Crippen LogP contribution in [0, 0.1) is 0 Å². The molecule has 17 heavy (non-hydrogen) atoms. The van der Waals surface area contributed by atoms with Crippen molar-refractivity contribution in [3.8, 4) is 0 Å². The van der Waals surface area contributed by atoms with E-state index in [0.717, 1.165) is 27.5 Å². The largest absolute Gasteiger partial charge is 0.372 e. The third kappa shape index (κ3) is 1.61. The average molecular weight is 223 g/mol. The standard InChI is InChI=1S/C14H13N3/c15-9-16-14-10-5-1-3-7-12(10)17-13-8-4-2-6-11(13)14/h1-8H,9,15H2,(H,16,17). The molecule has 1 aromatic heterocycles. The summed E-state index contributed by atoms with van der Waals surface area (Å²) < 4.78 is 0. The number of fused-ring (bicyclic) bond motifs is 2. The van der Waals surface area contributed by atoms with Crippen LogP contribution in [0.1, 0.15) is 0 Å². The molecule has 3 aromatic rings. The number of pyridine rings is 1. The number of nitrogens with zero attached hydrogens (tertiary/aromatic N) is 1. The van der Waals surface area contributed by atoms with E-state index in [9.17, 15) is 0 Å². The molecule has 0 atom stereocenters. The predicted octanol–water partition coefficient (Wildman–Crippen LogP) is 2.72. The van der Waals surface area contributed by atoms with Gasteiger partial charge in [0.1, 0.15) is 0 Å². The highest BCUT2D eigenvalue weighted by Crippen LogP contribution is 2.29. The molecule has 0 saturated carbocycles. The molecule has 3 N–H and O–H groups in total. The van der Waals surface area contributed by atoms with Crippen LogP contribution in [0.3, 0.4) is 0 Å². The quantitative estimate of drug-likeness (QED) is 0.519. The summed E-state index contributed by atoms with van der Waals surface area (Å²) in [6.07, 6.45) is 0. The van der Waals surface area contributed by atoms with Gasteiger partial charge in [-0.2, -0.15) is 0 Å². The topological polar surface area (TPSA) is 50.9 Å². The fourth-order valence-electron chi connectivity index (χ4n) is 2.13. The summed E-state index contributed by atoms with van der Waals surface area (Å²) in [5, 5.41) is 5.45. The first-order chi connectivity index (χ1) is 8.40. The third-order valence-electron chi connectivity index (χ3n) is 2.87. The van der Waals surface area contributed by atoms with Crippen LogP contribution in [-0.2, 0) is 0 Å². The molecule has 0 aliphatic heterocycles. The summed E-state index contributed by atoms with van der Waals surface area (Å²) in [5.74, 6) is 0. The zero-order valence-electron chi connectivity index (χ0n) is 9.35. The van der Waals surface area contributed by atoms with Crippen molar-refractivity contribution in [2.24, 2.45) is 5.73 Å². The lowest BCUT2D eigenvalue weighted by molar-refractivity contribution is 1.15. The summed E-state index contributed by atoms with van der Waals surface area (Å²) in [5.41, 5.74) is 8.65. The van der Waals surface area contributed by atoms with Crippen LogP contribution in [0.15, 0.2) is 48.5 Å². The molecule has 0 amide bonds. The Kier molecular flexibility index (Phi) is 2.38. The molecule has 3 rings (SSSR count). The van der Waals surface area contributed by atoms with Crippen molar-refractivity contribution in [2.75, 3.05) is 12.0 Å². The molecule has 0 fully saturated rings. The molecular formula is C14H13N3. The number of hydrogen-bond donors (Lipinski definition) is 2. The predicted molar refractivity (Wildman–Crippen MR) is 71.9 cm³/mol. The Bertz CT molecular complexity index is 622. The summed E-state index contributed by atoms with van der Waals surface area (Å²) in [7, 11) is 0. The Balaban J connectivity index is 2.47. The van der Waals surface area contributed by atoms with Gasteiger partial charge in [-0.25, -0.2) is 4.98 Å². The number of hydrogen-bond acceptors (Lipinski definition) is 3. The van der Waals surface area contributed by atoms with Crippen molar-refractivity contribution >= 4 is 27.5 Å². The van der Waals surface area contributed by atoms with E-state index in [1.165, 1.54) is 0 Å². The Morgan fingerprint density at radius 2 is 1.41 bits per heavy atom. The van der Waals surface area contributed by atoms with Crippen LogP contribution >= 0.6 is 0 Å². The SMILES string of the molecule is NCNc1c2ccccc2nc2ccccc12. The highest BCUT2D eigenvalue weighted by Gasteiger charge is 2.06. The van der Waals surface area contributed by atoms with E-state index >= 15 is 0 Å². The second kappa shape index (κ2) is 4.03. The van der Waals surface area contributed by atoms with Crippen molar-refractivity contribution in [1.82, 2.24) is 4.98 Å². The van der Waals surface area contributed by atoms with Gasteiger partial charge in [-0.1, -0.05) is 36.4 Å². The van der Waals surface area contributed by atoms with Crippen molar-refractivity contribution in [1.29, 1.82) is 0 Å². The Labute approximate surface area is 99.3 Å². The first-order valence-electron chi connectivity index (χ1n) is 5.61. The molecule has 0 spiro atoms. The molecule has 0 radical (unpaired) electrons. The minimum Gasteiger partial charge on any atom is -0.372 e. The van der Waals surface area contributed by atoms with Gasteiger partial charge < -0.3 is 11.1 Å². The molecule has 0 aliphatic carbocycles. The number of rotatable bonds is 2. The minimum absolute atomic E-state index is 0.415. The van der Waals surface area contributed by atoms with Crippen LogP contribution in [0.4, 0.5) is 5.69 Å². The van der Waals surface area contributed by atoms with Crippen molar-refractivity contribution in [3.63, 3.8) is 0 Å². The molecule has 2 aromatic carbocycles. The van der Waals surface area contributed by atoms with Gasteiger partial charge in [-0.05, 0) is 12.1 Å². The lowest BCUT2D eigenvalue weighted by Gasteiger charge is -2.11. The van der Waals surface area contributed by atoms with Gasteiger partial charge in [0.15, 0.2) is 0 Å². The summed E-state index contributed by atoms with van der Waals surface area (Å²) >= 11 is 0. The second-order valence-electron chi connectivity index (χ2n) is 3.90. The van der Waals surface area contributed by atoms with E-state index in [4.69, 9.17) is 5.73 Å². The van der Waals surface area contributed by atoms with Crippen molar-refractivity contribution in [2.45, 2.75) is 0 Å². The van der Waals surface area contributed by atoms with Crippen LogP contribution in [0.25, 0.3) is 21.8 Å². The van der Waals surface area contributed by atoms with Crippen molar-refractivity contribution < 1.29 is 0 Å². The van der Waals surface area contributed by atoms with Crippen LogP contribution < -0.4 is 11.1 Å². The van der Waals surface area contributed by atoms with E-state index in [1.807, 2.05) is 36.4 Å². The molecule has 1 heterocycles. The molecule has 0 bridgehead atoms. The van der Waals surface area contributed by atoms with Gasteiger partial charge in [0, 0.05) is 10.8 Å². The Morgan fingerprint density at radius 1 is 0.882 bits per heavy atom. The van der Waals surface area contributed by atoms with E-state index < -0.39 is 0 Å². The molecule has 0 unspecified atom stereocenters. The lowest BCUT2D eigenvalue weighted by atomic mass is 10.1. The van der Waals surface area contributed by atoms with Crippen molar-refractivity contribution in [3.05, 3.63) is 48.5 Å². The maximum Gasteiger partial charge on any atom is 0.0730 e.